The maximum atomic E-state index is 11.2. The van der Waals surface area contributed by atoms with Gasteiger partial charge in [-0.15, -0.1) is 0 Å². The third kappa shape index (κ3) is 1.49. The summed E-state index contributed by atoms with van der Waals surface area (Å²) in [7, 11) is 0. The highest BCUT2D eigenvalue weighted by molar-refractivity contribution is 5.77. The number of carbonyl (C=O) groups is 1. The molecule has 3 heteroatoms. The second-order valence-corrected chi connectivity index (χ2v) is 4.61. The Morgan fingerprint density at radius 1 is 1.36 bits per heavy atom. The predicted molar refractivity (Wildman–Crippen MR) is 56.0 cm³/mol. The van der Waals surface area contributed by atoms with Crippen LogP contribution in [0, 0.1) is 11.8 Å². The Bertz CT molecular complexity index is 229. The first-order chi connectivity index (χ1) is 6.76. The van der Waals surface area contributed by atoms with Crippen LogP contribution in [0.5, 0.6) is 0 Å². The molecule has 2 amide bonds. The van der Waals surface area contributed by atoms with Gasteiger partial charge in [-0.1, -0.05) is 26.7 Å². The van der Waals surface area contributed by atoms with Crippen molar-refractivity contribution < 1.29 is 4.79 Å². The van der Waals surface area contributed by atoms with Gasteiger partial charge in [0.1, 0.15) is 0 Å². The second kappa shape index (κ2) is 3.79. The monoisotopic (exact) mass is 196 g/mol. The molecule has 1 aliphatic heterocycles. The van der Waals surface area contributed by atoms with Crippen molar-refractivity contribution >= 4 is 6.03 Å². The molecule has 0 aromatic carbocycles. The lowest BCUT2D eigenvalue weighted by atomic mass is 9.88. The Kier molecular flexibility index (Phi) is 2.66. The van der Waals surface area contributed by atoms with E-state index in [1.165, 1.54) is 25.7 Å². The summed E-state index contributed by atoms with van der Waals surface area (Å²) in [6.07, 6.45) is 4.89. The molecule has 4 atom stereocenters. The van der Waals surface area contributed by atoms with Crippen molar-refractivity contribution in [3.63, 3.8) is 0 Å². The van der Waals surface area contributed by atoms with Crippen LogP contribution in [-0.2, 0) is 0 Å². The number of fused-ring (bicyclic) bond motifs is 1. The van der Waals surface area contributed by atoms with Gasteiger partial charge in [0.2, 0.25) is 0 Å². The van der Waals surface area contributed by atoms with Crippen molar-refractivity contribution in [2.45, 2.75) is 51.6 Å². The minimum absolute atomic E-state index is 0.0376. The highest BCUT2D eigenvalue weighted by Crippen LogP contribution is 2.39. The van der Waals surface area contributed by atoms with Crippen LogP contribution in [0.3, 0.4) is 0 Å². The first-order valence-corrected chi connectivity index (χ1v) is 5.83. The van der Waals surface area contributed by atoms with Gasteiger partial charge in [0.25, 0.3) is 0 Å². The third-order valence-corrected chi connectivity index (χ3v) is 3.82. The van der Waals surface area contributed by atoms with E-state index in [0.29, 0.717) is 18.0 Å². The van der Waals surface area contributed by atoms with Crippen molar-refractivity contribution in [1.29, 1.82) is 0 Å². The number of carbonyl (C=O) groups excluding carboxylic acids is 1. The van der Waals surface area contributed by atoms with Gasteiger partial charge in [-0.2, -0.15) is 0 Å². The Morgan fingerprint density at radius 3 is 2.79 bits per heavy atom. The van der Waals surface area contributed by atoms with E-state index < -0.39 is 0 Å². The lowest BCUT2D eigenvalue weighted by Gasteiger charge is -2.22. The first-order valence-electron chi connectivity index (χ1n) is 5.83. The van der Waals surface area contributed by atoms with Crippen LogP contribution in [-0.4, -0.2) is 18.1 Å². The van der Waals surface area contributed by atoms with Crippen molar-refractivity contribution in [3.05, 3.63) is 0 Å². The van der Waals surface area contributed by atoms with Gasteiger partial charge in [-0.3, -0.25) is 0 Å². The molecule has 1 heterocycles. The predicted octanol–water partition coefficient (Wildman–Crippen LogP) is 1.88. The van der Waals surface area contributed by atoms with Gasteiger partial charge >= 0.3 is 6.03 Å². The number of hydrogen-bond donors (Lipinski definition) is 2. The average molecular weight is 196 g/mol. The summed E-state index contributed by atoms with van der Waals surface area (Å²) in [5, 5.41) is 6.08. The SMILES string of the molecule is CCCC1C(CC)CC2NC(=O)NC21. The minimum atomic E-state index is 0.0376. The van der Waals surface area contributed by atoms with Crippen LogP contribution in [0.1, 0.15) is 39.5 Å². The molecular formula is C11H20N2O. The molecule has 14 heavy (non-hydrogen) atoms. The zero-order valence-electron chi connectivity index (χ0n) is 9.05. The van der Waals surface area contributed by atoms with Gasteiger partial charge in [0.05, 0.1) is 12.1 Å². The zero-order valence-corrected chi connectivity index (χ0v) is 9.05. The molecule has 4 unspecified atom stereocenters. The van der Waals surface area contributed by atoms with E-state index in [1.807, 2.05) is 0 Å². The molecule has 80 valence electrons. The van der Waals surface area contributed by atoms with Crippen molar-refractivity contribution in [2.75, 3.05) is 0 Å². The normalized spacial score (nSPS) is 40.6. The number of urea groups is 1. The van der Waals surface area contributed by atoms with Crippen molar-refractivity contribution in [2.24, 2.45) is 11.8 Å². The lowest BCUT2D eigenvalue weighted by molar-refractivity contribution is 0.239. The van der Waals surface area contributed by atoms with Gasteiger partial charge in [-0.05, 0) is 24.7 Å². The summed E-state index contributed by atoms with van der Waals surface area (Å²) in [5.74, 6) is 1.51. The molecule has 1 saturated heterocycles. The van der Waals surface area contributed by atoms with Gasteiger partial charge in [0.15, 0.2) is 0 Å². The topological polar surface area (TPSA) is 41.1 Å². The molecule has 2 rings (SSSR count). The van der Waals surface area contributed by atoms with Crippen LogP contribution >= 0.6 is 0 Å². The zero-order chi connectivity index (χ0) is 10.1. The van der Waals surface area contributed by atoms with Gasteiger partial charge < -0.3 is 10.6 Å². The van der Waals surface area contributed by atoms with Crippen molar-refractivity contribution in [1.82, 2.24) is 10.6 Å². The standard InChI is InChI=1S/C11H20N2O/c1-3-5-8-7(4-2)6-9-10(8)13-11(14)12-9/h7-10H,3-6H2,1-2H3,(H2,12,13,14). The van der Waals surface area contributed by atoms with Crippen LogP contribution in [0.25, 0.3) is 0 Å². The highest BCUT2D eigenvalue weighted by atomic mass is 16.2. The third-order valence-electron chi connectivity index (χ3n) is 3.82. The maximum Gasteiger partial charge on any atom is 0.315 e. The van der Waals surface area contributed by atoms with Crippen LogP contribution < -0.4 is 10.6 Å². The maximum absolute atomic E-state index is 11.2. The molecule has 0 spiro atoms. The highest BCUT2D eigenvalue weighted by Gasteiger charge is 2.46. The molecule has 2 aliphatic rings. The number of rotatable bonds is 3. The smallest absolute Gasteiger partial charge is 0.315 e. The molecule has 0 aromatic rings. The molecule has 1 saturated carbocycles. The quantitative estimate of drug-likeness (QED) is 0.711. The summed E-state index contributed by atoms with van der Waals surface area (Å²) in [6.45, 7) is 4.49. The molecule has 0 radical (unpaired) electrons. The second-order valence-electron chi connectivity index (χ2n) is 4.61. The van der Waals surface area contributed by atoms with Crippen LogP contribution in [0.4, 0.5) is 4.79 Å². The first kappa shape index (κ1) is 9.81. The molecule has 1 aliphatic carbocycles. The Morgan fingerprint density at radius 2 is 2.14 bits per heavy atom. The van der Waals surface area contributed by atoms with E-state index in [1.54, 1.807) is 0 Å². The summed E-state index contributed by atoms with van der Waals surface area (Å²) in [4.78, 5) is 11.2. The summed E-state index contributed by atoms with van der Waals surface area (Å²) in [6, 6.07) is 0.854. The Balaban J connectivity index is 2.06. The Hall–Kier alpha value is -0.730. The molecule has 0 bridgehead atoms. The fraction of sp³-hybridized carbons (Fsp3) is 0.909. The molecular weight excluding hydrogens is 176 g/mol. The van der Waals surface area contributed by atoms with Crippen LogP contribution in [0.2, 0.25) is 0 Å². The minimum Gasteiger partial charge on any atom is -0.333 e. The summed E-state index contributed by atoms with van der Waals surface area (Å²) < 4.78 is 0. The van der Waals surface area contributed by atoms with E-state index in [9.17, 15) is 4.79 Å². The van der Waals surface area contributed by atoms with E-state index in [2.05, 4.69) is 24.5 Å². The van der Waals surface area contributed by atoms with Crippen molar-refractivity contribution in [3.8, 4) is 0 Å². The fourth-order valence-corrected chi connectivity index (χ4v) is 3.17. The lowest BCUT2D eigenvalue weighted by Crippen LogP contribution is -2.34. The van der Waals surface area contributed by atoms with E-state index >= 15 is 0 Å². The van der Waals surface area contributed by atoms with Gasteiger partial charge in [-0.25, -0.2) is 4.79 Å². The molecule has 0 aromatic heterocycles. The molecule has 2 fully saturated rings. The number of amides is 2. The molecule has 2 N–H and O–H groups in total. The average Bonchev–Trinajstić information content (AvgIpc) is 2.64. The van der Waals surface area contributed by atoms with Crippen LogP contribution in [0.15, 0.2) is 0 Å². The summed E-state index contributed by atoms with van der Waals surface area (Å²) >= 11 is 0. The largest absolute Gasteiger partial charge is 0.333 e. The fourth-order valence-electron chi connectivity index (χ4n) is 3.17. The van der Waals surface area contributed by atoms with E-state index in [0.717, 1.165) is 5.92 Å². The Labute approximate surface area is 85.6 Å². The van der Waals surface area contributed by atoms with Gasteiger partial charge in [0, 0.05) is 0 Å². The number of nitrogens with one attached hydrogen (secondary N) is 2. The van der Waals surface area contributed by atoms with E-state index in [4.69, 9.17) is 0 Å². The van der Waals surface area contributed by atoms with E-state index in [-0.39, 0.29) is 6.03 Å². The molecule has 3 nitrogen and oxygen atoms in total. The number of hydrogen-bond acceptors (Lipinski definition) is 1. The summed E-state index contributed by atoms with van der Waals surface area (Å²) in [5.41, 5.74) is 0.